The van der Waals surface area contributed by atoms with Crippen LogP contribution in [0.25, 0.3) is 11.3 Å². The molecule has 38 heavy (non-hydrogen) atoms. The molecule has 8 heteroatoms. The van der Waals surface area contributed by atoms with Gasteiger partial charge in [-0.3, -0.25) is 4.90 Å². The summed E-state index contributed by atoms with van der Waals surface area (Å²) in [5.41, 5.74) is 2.32. The minimum absolute atomic E-state index is 0.00866. The summed E-state index contributed by atoms with van der Waals surface area (Å²) in [5, 5.41) is 0. The second-order valence-electron chi connectivity index (χ2n) is 10.3. The van der Waals surface area contributed by atoms with Gasteiger partial charge in [0.1, 0.15) is 23.9 Å². The van der Waals surface area contributed by atoms with Gasteiger partial charge in [0.15, 0.2) is 17.4 Å². The summed E-state index contributed by atoms with van der Waals surface area (Å²) in [5.74, 6) is -0.753. The number of likely N-dealkylation sites (tertiary alicyclic amines) is 1. The van der Waals surface area contributed by atoms with Gasteiger partial charge in [-0.05, 0) is 75.0 Å². The van der Waals surface area contributed by atoms with Gasteiger partial charge >= 0.3 is 0 Å². The molecule has 5 rings (SSSR count). The zero-order chi connectivity index (χ0) is 26.8. The maximum Gasteiger partial charge on any atom is 0.178 e. The Labute approximate surface area is 222 Å². The van der Waals surface area contributed by atoms with Crippen LogP contribution in [0.15, 0.2) is 49.2 Å². The van der Waals surface area contributed by atoms with E-state index in [2.05, 4.69) is 21.4 Å². The number of rotatable bonds is 7. The first-order valence-corrected chi connectivity index (χ1v) is 13.2. The van der Waals surface area contributed by atoms with Gasteiger partial charge in [0.25, 0.3) is 0 Å². The highest BCUT2D eigenvalue weighted by Gasteiger charge is 2.26. The number of anilines is 1. The molecule has 1 fully saturated rings. The summed E-state index contributed by atoms with van der Waals surface area (Å²) in [6.07, 6.45) is 5.04. The predicted octanol–water partition coefficient (Wildman–Crippen LogP) is 6.12. The van der Waals surface area contributed by atoms with E-state index >= 15 is 4.39 Å². The van der Waals surface area contributed by atoms with E-state index in [-0.39, 0.29) is 35.6 Å². The van der Waals surface area contributed by atoms with E-state index in [9.17, 15) is 8.78 Å². The standard InChI is InChI=1S/C30H33F3N4O/c1-4-9-36-10-7-21(8-11-36)23-6-5-20(14-24(23)31)15-28-34-18-26(33)29(35-28)22-16-25(32)30-27(17-22)37(19(2)3)12-13-38-30/h4-6,14,16-19,21H,1,7-13,15H2,2-3H3. The number of piperidine rings is 1. The third-order valence-electron chi connectivity index (χ3n) is 7.44. The number of fused-ring (bicyclic) bond motifs is 1. The molecule has 2 aliphatic rings. The Kier molecular flexibility index (Phi) is 7.70. The van der Waals surface area contributed by atoms with Crippen molar-refractivity contribution in [3.05, 3.63) is 83.6 Å². The van der Waals surface area contributed by atoms with Crippen LogP contribution >= 0.6 is 0 Å². The van der Waals surface area contributed by atoms with Crippen LogP contribution in [-0.2, 0) is 6.42 Å². The Balaban J connectivity index is 1.37. The van der Waals surface area contributed by atoms with Gasteiger partial charge in [-0.1, -0.05) is 18.2 Å². The fourth-order valence-electron chi connectivity index (χ4n) is 5.47. The van der Waals surface area contributed by atoms with Crippen LogP contribution in [0.4, 0.5) is 18.9 Å². The van der Waals surface area contributed by atoms with Crippen molar-refractivity contribution < 1.29 is 17.9 Å². The molecular formula is C30H33F3N4O. The second-order valence-corrected chi connectivity index (χ2v) is 10.3. The molecule has 200 valence electrons. The largest absolute Gasteiger partial charge is 0.486 e. The highest BCUT2D eigenvalue weighted by Crippen LogP contribution is 2.39. The highest BCUT2D eigenvalue weighted by atomic mass is 19.1. The fraction of sp³-hybridized carbons (Fsp3) is 0.400. The van der Waals surface area contributed by atoms with Gasteiger partial charge in [0, 0.05) is 24.6 Å². The molecule has 2 aliphatic heterocycles. The average Bonchev–Trinajstić information content (AvgIpc) is 2.90. The second kappa shape index (κ2) is 11.2. The van der Waals surface area contributed by atoms with Crippen molar-refractivity contribution in [2.75, 3.05) is 37.7 Å². The molecule has 0 bridgehead atoms. The summed E-state index contributed by atoms with van der Waals surface area (Å²) >= 11 is 0. The molecule has 2 aromatic carbocycles. The van der Waals surface area contributed by atoms with E-state index in [0.29, 0.717) is 35.8 Å². The first kappa shape index (κ1) is 26.2. The SMILES string of the molecule is C=CCN1CCC(c2ccc(Cc3ncc(F)c(-c4cc(F)c5c(c4)N(C(C)C)CCO5)n3)cc2F)CC1. The molecule has 5 nitrogen and oxygen atoms in total. The molecule has 1 saturated heterocycles. The molecule has 3 heterocycles. The molecule has 0 saturated carbocycles. The predicted molar refractivity (Wildman–Crippen MR) is 143 cm³/mol. The van der Waals surface area contributed by atoms with Gasteiger partial charge in [-0.2, -0.15) is 0 Å². The van der Waals surface area contributed by atoms with Gasteiger partial charge in [-0.15, -0.1) is 6.58 Å². The monoisotopic (exact) mass is 522 g/mol. The molecular weight excluding hydrogens is 489 g/mol. The van der Waals surface area contributed by atoms with Crippen LogP contribution in [-0.4, -0.2) is 53.7 Å². The van der Waals surface area contributed by atoms with Gasteiger partial charge < -0.3 is 9.64 Å². The molecule has 0 atom stereocenters. The Morgan fingerprint density at radius 2 is 1.84 bits per heavy atom. The molecule has 1 aromatic heterocycles. The van der Waals surface area contributed by atoms with Crippen LogP contribution in [0.2, 0.25) is 0 Å². The molecule has 0 N–H and O–H groups in total. The quantitative estimate of drug-likeness (QED) is 0.350. The Morgan fingerprint density at radius 3 is 2.55 bits per heavy atom. The van der Waals surface area contributed by atoms with Crippen molar-refractivity contribution in [1.29, 1.82) is 0 Å². The lowest BCUT2D eigenvalue weighted by atomic mass is 9.88. The zero-order valence-electron chi connectivity index (χ0n) is 21.9. The van der Waals surface area contributed by atoms with Crippen molar-refractivity contribution >= 4 is 5.69 Å². The Hall–Kier alpha value is -3.39. The Bertz CT molecular complexity index is 1320. The maximum absolute atomic E-state index is 15.1. The van der Waals surface area contributed by atoms with Crippen LogP contribution in [0.5, 0.6) is 5.75 Å². The molecule has 0 unspecified atom stereocenters. The highest BCUT2D eigenvalue weighted by molar-refractivity contribution is 5.72. The van der Waals surface area contributed by atoms with Crippen LogP contribution < -0.4 is 9.64 Å². The van der Waals surface area contributed by atoms with E-state index in [1.54, 1.807) is 6.07 Å². The first-order valence-electron chi connectivity index (χ1n) is 13.2. The molecule has 0 radical (unpaired) electrons. The minimum Gasteiger partial charge on any atom is -0.486 e. The molecule has 3 aromatic rings. The van der Waals surface area contributed by atoms with Crippen molar-refractivity contribution in [3.8, 4) is 17.0 Å². The third-order valence-corrected chi connectivity index (χ3v) is 7.44. The third kappa shape index (κ3) is 5.41. The lowest BCUT2D eigenvalue weighted by Gasteiger charge is -2.34. The van der Waals surface area contributed by atoms with Gasteiger partial charge in [0.05, 0.1) is 18.4 Å². The minimum atomic E-state index is -0.648. The summed E-state index contributed by atoms with van der Waals surface area (Å²) in [4.78, 5) is 12.9. The van der Waals surface area contributed by atoms with Crippen LogP contribution in [0.3, 0.4) is 0 Å². The summed E-state index contributed by atoms with van der Waals surface area (Å²) in [7, 11) is 0. The van der Waals surface area contributed by atoms with Gasteiger partial charge in [-0.25, -0.2) is 23.1 Å². The van der Waals surface area contributed by atoms with Gasteiger partial charge in [0.2, 0.25) is 0 Å². The summed E-state index contributed by atoms with van der Waals surface area (Å²) in [6, 6.07) is 8.33. The van der Waals surface area contributed by atoms with Crippen molar-refractivity contribution in [2.24, 2.45) is 0 Å². The normalized spacial score (nSPS) is 16.4. The van der Waals surface area contributed by atoms with E-state index < -0.39 is 11.6 Å². The Morgan fingerprint density at radius 1 is 1.05 bits per heavy atom. The van der Waals surface area contributed by atoms with Crippen molar-refractivity contribution in [1.82, 2.24) is 14.9 Å². The smallest absolute Gasteiger partial charge is 0.178 e. The number of aromatic nitrogens is 2. The average molecular weight is 523 g/mol. The summed E-state index contributed by atoms with van der Waals surface area (Å²) in [6.45, 7) is 11.5. The van der Waals surface area contributed by atoms with Crippen molar-refractivity contribution in [3.63, 3.8) is 0 Å². The van der Waals surface area contributed by atoms with E-state index in [0.717, 1.165) is 44.2 Å². The molecule has 0 spiro atoms. The van der Waals surface area contributed by atoms with Crippen LogP contribution in [0, 0.1) is 17.5 Å². The lowest BCUT2D eigenvalue weighted by molar-refractivity contribution is 0.231. The molecule has 0 aliphatic carbocycles. The number of nitrogens with zero attached hydrogens (tertiary/aromatic N) is 4. The number of hydrogen-bond donors (Lipinski definition) is 0. The number of halogens is 3. The zero-order valence-corrected chi connectivity index (χ0v) is 21.9. The fourth-order valence-corrected chi connectivity index (χ4v) is 5.47. The van der Waals surface area contributed by atoms with Crippen LogP contribution in [0.1, 0.15) is 49.6 Å². The summed E-state index contributed by atoms with van der Waals surface area (Å²) < 4.78 is 50.5. The van der Waals surface area contributed by atoms with Crippen molar-refractivity contribution in [2.45, 2.75) is 45.1 Å². The first-order chi connectivity index (χ1) is 18.3. The lowest BCUT2D eigenvalue weighted by Crippen LogP contribution is -2.38. The number of hydrogen-bond acceptors (Lipinski definition) is 5. The van der Waals surface area contributed by atoms with E-state index in [1.807, 2.05) is 37.0 Å². The molecule has 0 amide bonds. The maximum atomic E-state index is 15.1. The van der Waals surface area contributed by atoms with E-state index in [4.69, 9.17) is 4.74 Å². The number of benzene rings is 2. The topological polar surface area (TPSA) is 41.5 Å². The number of ether oxygens (including phenoxy) is 1. The van der Waals surface area contributed by atoms with E-state index in [1.165, 1.54) is 12.1 Å².